The molecule has 6 nitrogen and oxygen atoms in total. The van der Waals surface area contributed by atoms with Crippen LogP contribution in [-0.2, 0) is 20.6 Å². The first-order chi connectivity index (χ1) is 10.5. The van der Waals surface area contributed by atoms with Crippen LogP contribution in [-0.4, -0.2) is 50.3 Å². The molecule has 0 radical (unpaired) electrons. The van der Waals surface area contributed by atoms with Crippen LogP contribution in [0, 0.1) is 5.92 Å². The van der Waals surface area contributed by atoms with Crippen LogP contribution in [0.1, 0.15) is 18.6 Å². The van der Waals surface area contributed by atoms with Crippen LogP contribution in [0.2, 0.25) is 0 Å². The van der Waals surface area contributed by atoms with E-state index in [2.05, 4.69) is 5.32 Å². The third-order valence-electron chi connectivity index (χ3n) is 3.59. The van der Waals surface area contributed by atoms with Crippen molar-refractivity contribution in [2.75, 3.05) is 31.6 Å². The summed E-state index contributed by atoms with van der Waals surface area (Å²) in [5.41, 5.74) is 0. The molecular weight excluding hydrogens is 324 g/mol. The fourth-order valence-electron chi connectivity index (χ4n) is 2.42. The van der Waals surface area contributed by atoms with Gasteiger partial charge in [0.05, 0.1) is 24.2 Å². The fraction of sp³-hybridized carbons (Fsp3) is 0.643. The molecule has 1 atom stereocenters. The minimum absolute atomic E-state index is 0.0491. The first-order valence-electron chi connectivity index (χ1n) is 7.30. The van der Waals surface area contributed by atoms with Crippen molar-refractivity contribution >= 4 is 27.7 Å². The third kappa shape index (κ3) is 5.33. The minimum atomic E-state index is -3.21. The zero-order valence-electron chi connectivity index (χ0n) is 12.7. The Morgan fingerprint density at radius 1 is 1.55 bits per heavy atom. The Hall–Kier alpha value is -0.990. The average molecular weight is 346 g/mol. The summed E-state index contributed by atoms with van der Waals surface area (Å²) in [6.07, 6.45) is 4.32. The molecule has 124 valence electrons. The highest BCUT2D eigenvalue weighted by molar-refractivity contribution is 7.98. The van der Waals surface area contributed by atoms with Gasteiger partial charge in [-0.05, 0) is 25.0 Å². The Balaban J connectivity index is 1.66. The molecular formula is C14H22N2O4S2. The zero-order chi connectivity index (χ0) is 16.0. The van der Waals surface area contributed by atoms with E-state index in [1.54, 1.807) is 18.0 Å². The minimum Gasteiger partial charge on any atom is -0.468 e. The second-order valence-electron chi connectivity index (χ2n) is 5.38. The number of sulfonamides is 1. The summed E-state index contributed by atoms with van der Waals surface area (Å²) < 4.78 is 29.7. The van der Waals surface area contributed by atoms with Gasteiger partial charge in [-0.15, -0.1) is 0 Å². The molecule has 1 aliphatic rings. The van der Waals surface area contributed by atoms with Gasteiger partial charge in [0.25, 0.3) is 0 Å². The number of carbonyl (C=O) groups excluding carboxylic acids is 1. The Bertz CT molecular complexity index is 572. The number of rotatable bonds is 7. The molecule has 1 aliphatic heterocycles. The highest BCUT2D eigenvalue weighted by atomic mass is 32.2. The summed E-state index contributed by atoms with van der Waals surface area (Å²) >= 11 is 1.69. The molecule has 2 heterocycles. The summed E-state index contributed by atoms with van der Waals surface area (Å²) in [5.74, 6) is 2.22. The quantitative estimate of drug-likeness (QED) is 0.753. The van der Waals surface area contributed by atoms with Crippen molar-refractivity contribution < 1.29 is 17.6 Å². The maximum absolute atomic E-state index is 12.1. The maximum Gasteiger partial charge on any atom is 0.224 e. The van der Waals surface area contributed by atoms with Gasteiger partial charge < -0.3 is 9.73 Å². The van der Waals surface area contributed by atoms with Crippen molar-refractivity contribution in [3.8, 4) is 0 Å². The smallest absolute Gasteiger partial charge is 0.224 e. The molecule has 8 heteroatoms. The second kappa shape index (κ2) is 8.03. The van der Waals surface area contributed by atoms with E-state index in [-0.39, 0.29) is 11.8 Å². The summed E-state index contributed by atoms with van der Waals surface area (Å²) in [6, 6.07) is 3.78. The molecule has 1 aromatic rings. The van der Waals surface area contributed by atoms with Gasteiger partial charge in [-0.3, -0.25) is 4.79 Å². The SMILES string of the molecule is CS(=O)(=O)N1CCC[C@@H](C(=O)NCCSCc2ccco2)C1. The number of furan rings is 1. The number of thioether (sulfide) groups is 1. The highest BCUT2D eigenvalue weighted by Crippen LogP contribution is 2.19. The molecule has 0 unspecified atom stereocenters. The molecule has 1 N–H and O–H groups in total. The lowest BCUT2D eigenvalue weighted by Crippen LogP contribution is -2.45. The lowest BCUT2D eigenvalue weighted by molar-refractivity contribution is -0.125. The molecule has 1 aromatic heterocycles. The Labute approximate surface area is 135 Å². The number of piperidine rings is 1. The molecule has 0 aliphatic carbocycles. The van der Waals surface area contributed by atoms with Crippen molar-refractivity contribution in [2.45, 2.75) is 18.6 Å². The number of amides is 1. The third-order valence-corrected chi connectivity index (χ3v) is 5.85. The first-order valence-corrected chi connectivity index (χ1v) is 10.3. The standard InChI is InChI=1S/C14H22N2O4S2/c1-22(18,19)16-7-2-4-12(10-16)14(17)15-6-9-21-11-13-5-3-8-20-13/h3,5,8,12H,2,4,6-7,9-11H2,1H3,(H,15,17)/t12-/m1/s1. The van der Waals surface area contributed by atoms with Crippen molar-refractivity contribution in [3.63, 3.8) is 0 Å². The Morgan fingerprint density at radius 3 is 3.05 bits per heavy atom. The van der Waals surface area contributed by atoms with Gasteiger partial charge in [0.1, 0.15) is 5.76 Å². The van der Waals surface area contributed by atoms with Crippen molar-refractivity contribution in [2.24, 2.45) is 5.92 Å². The lowest BCUT2D eigenvalue weighted by atomic mass is 9.99. The molecule has 22 heavy (non-hydrogen) atoms. The van der Waals surface area contributed by atoms with E-state index in [0.717, 1.165) is 30.1 Å². The number of carbonyl (C=O) groups is 1. The predicted octanol–water partition coefficient (Wildman–Crippen LogP) is 1.30. The van der Waals surface area contributed by atoms with Gasteiger partial charge in [-0.1, -0.05) is 0 Å². The molecule has 2 rings (SSSR count). The fourth-order valence-corrected chi connectivity index (χ4v) is 4.08. The van der Waals surface area contributed by atoms with Crippen LogP contribution in [0.25, 0.3) is 0 Å². The Kier molecular flexibility index (Phi) is 6.34. The monoisotopic (exact) mass is 346 g/mol. The molecule has 0 aromatic carbocycles. The number of nitrogens with zero attached hydrogens (tertiary/aromatic N) is 1. The van der Waals surface area contributed by atoms with Crippen molar-refractivity contribution in [1.82, 2.24) is 9.62 Å². The number of nitrogens with one attached hydrogen (secondary N) is 1. The van der Waals surface area contributed by atoms with Crippen LogP contribution in [0.3, 0.4) is 0 Å². The Morgan fingerprint density at radius 2 is 2.36 bits per heavy atom. The maximum atomic E-state index is 12.1. The predicted molar refractivity (Wildman–Crippen MR) is 87.0 cm³/mol. The normalized spacial score (nSPS) is 20.0. The van der Waals surface area contributed by atoms with Crippen LogP contribution >= 0.6 is 11.8 Å². The summed E-state index contributed by atoms with van der Waals surface area (Å²) in [7, 11) is -3.21. The molecule has 1 saturated heterocycles. The van der Waals surface area contributed by atoms with E-state index in [4.69, 9.17) is 4.42 Å². The van der Waals surface area contributed by atoms with Crippen LogP contribution in [0.5, 0.6) is 0 Å². The van der Waals surface area contributed by atoms with E-state index in [1.807, 2.05) is 12.1 Å². The van der Waals surface area contributed by atoms with Crippen molar-refractivity contribution in [3.05, 3.63) is 24.2 Å². The molecule has 0 bridgehead atoms. The van der Waals surface area contributed by atoms with Crippen LogP contribution in [0.15, 0.2) is 22.8 Å². The number of hydrogen-bond acceptors (Lipinski definition) is 5. The number of hydrogen-bond donors (Lipinski definition) is 1. The van der Waals surface area contributed by atoms with Gasteiger partial charge in [-0.2, -0.15) is 11.8 Å². The highest BCUT2D eigenvalue weighted by Gasteiger charge is 2.29. The largest absolute Gasteiger partial charge is 0.468 e. The van der Waals surface area contributed by atoms with Crippen LogP contribution < -0.4 is 5.32 Å². The molecule has 1 fully saturated rings. The first kappa shape index (κ1) is 17.4. The lowest BCUT2D eigenvalue weighted by Gasteiger charge is -2.30. The van der Waals surface area contributed by atoms with Gasteiger partial charge >= 0.3 is 0 Å². The van der Waals surface area contributed by atoms with E-state index in [0.29, 0.717) is 19.6 Å². The topological polar surface area (TPSA) is 79.6 Å². The summed E-state index contributed by atoms with van der Waals surface area (Å²) in [5, 5.41) is 2.89. The second-order valence-corrected chi connectivity index (χ2v) is 8.47. The van der Waals surface area contributed by atoms with E-state index < -0.39 is 10.0 Å². The molecule has 0 saturated carbocycles. The van der Waals surface area contributed by atoms with Gasteiger partial charge in [0.15, 0.2) is 0 Å². The van der Waals surface area contributed by atoms with Crippen molar-refractivity contribution in [1.29, 1.82) is 0 Å². The summed E-state index contributed by atoms with van der Waals surface area (Å²) in [6.45, 7) is 1.39. The zero-order valence-corrected chi connectivity index (χ0v) is 14.3. The van der Waals surface area contributed by atoms with Crippen LogP contribution in [0.4, 0.5) is 0 Å². The van der Waals surface area contributed by atoms with Gasteiger partial charge in [0, 0.05) is 25.4 Å². The molecule has 0 spiro atoms. The molecule has 1 amide bonds. The average Bonchev–Trinajstić information content (AvgIpc) is 2.99. The van der Waals surface area contributed by atoms with E-state index in [9.17, 15) is 13.2 Å². The van der Waals surface area contributed by atoms with Gasteiger partial charge in [-0.25, -0.2) is 12.7 Å². The van der Waals surface area contributed by atoms with E-state index >= 15 is 0 Å². The summed E-state index contributed by atoms with van der Waals surface area (Å²) in [4.78, 5) is 12.1. The van der Waals surface area contributed by atoms with E-state index in [1.165, 1.54) is 10.6 Å². The van der Waals surface area contributed by atoms with Gasteiger partial charge in [0.2, 0.25) is 15.9 Å².